The molecule has 9 heteroatoms. The van der Waals surface area contributed by atoms with Crippen molar-refractivity contribution in [1.82, 2.24) is 15.2 Å². The van der Waals surface area contributed by atoms with Crippen LogP contribution in [0, 0.1) is 5.82 Å². The Bertz CT molecular complexity index is 860. The highest BCUT2D eigenvalue weighted by atomic mass is 79.9. The number of thioether (sulfide) groups is 1. The average molecular weight is 409 g/mol. The highest BCUT2D eigenvalue weighted by Crippen LogP contribution is 2.23. The number of carbonyl (C=O) groups is 1. The van der Waals surface area contributed by atoms with Gasteiger partial charge < -0.3 is 9.73 Å². The quantitative estimate of drug-likeness (QED) is 0.647. The van der Waals surface area contributed by atoms with E-state index in [0.717, 1.165) is 11.8 Å². The molecule has 0 saturated carbocycles. The smallest absolute Gasteiger partial charge is 0.277 e. The summed E-state index contributed by atoms with van der Waals surface area (Å²) in [6.45, 7) is 0. The minimum Gasteiger partial charge on any atom is -0.410 e. The first-order chi connectivity index (χ1) is 11.6. The fourth-order valence-electron chi connectivity index (χ4n) is 1.77. The van der Waals surface area contributed by atoms with E-state index in [9.17, 15) is 9.18 Å². The number of anilines is 1. The minimum absolute atomic E-state index is 0.0132. The molecule has 0 aliphatic carbocycles. The van der Waals surface area contributed by atoms with Gasteiger partial charge in [-0.25, -0.2) is 4.39 Å². The number of aromatic nitrogens is 3. The monoisotopic (exact) mass is 408 g/mol. The summed E-state index contributed by atoms with van der Waals surface area (Å²) in [5, 5.41) is 10.4. The molecular weight excluding hydrogens is 399 g/mol. The highest BCUT2D eigenvalue weighted by Gasteiger charge is 2.13. The van der Waals surface area contributed by atoms with Crippen LogP contribution in [0.3, 0.4) is 0 Å². The molecule has 24 heavy (non-hydrogen) atoms. The average Bonchev–Trinajstić information content (AvgIpc) is 3.05. The molecule has 2 aromatic heterocycles. The summed E-state index contributed by atoms with van der Waals surface area (Å²) in [6, 6.07) is 9.72. The number of rotatable bonds is 5. The maximum Gasteiger partial charge on any atom is 0.277 e. The van der Waals surface area contributed by atoms with Crippen LogP contribution < -0.4 is 5.32 Å². The van der Waals surface area contributed by atoms with Crippen LogP contribution in [0.5, 0.6) is 0 Å². The van der Waals surface area contributed by atoms with Crippen molar-refractivity contribution in [2.45, 2.75) is 5.22 Å². The third kappa shape index (κ3) is 4.18. The molecule has 0 atom stereocenters. The van der Waals surface area contributed by atoms with Gasteiger partial charge in [0.15, 0.2) is 0 Å². The van der Waals surface area contributed by atoms with Crippen molar-refractivity contribution in [2.75, 3.05) is 11.1 Å². The van der Waals surface area contributed by atoms with Gasteiger partial charge in [0, 0.05) is 10.7 Å². The number of carbonyl (C=O) groups excluding carboxylic acids is 1. The van der Waals surface area contributed by atoms with Crippen LogP contribution in [-0.4, -0.2) is 26.8 Å². The minimum atomic E-state index is -0.516. The number of hydrogen-bond acceptors (Lipinski definition) is 6. The summed E-state index contributed by atoms with van der Waals surface area (Å²) < 4.78 is 19.7. The first-order valence-electron chi connectivity index (χ1n) is 6.74. The number of pyridine rings is 1. The molecule has 6 nitrogen and oxygen atoms in total. The van der Waals surface area contributed by atoms with Crippen molar-refractivity contribution in [1.29, 1.82) is 0 Å². The van der Waals surface area contributed by atoms with Gasteiger partial charge in [-0.2, -0.15) is 0 Å². The van der Waals surface area contributed by atoms with Crippen LogP contribution in [0.15, 0.2) is 56.7 Å². The Morgan fingerprint density at radius 2 is 2.17 bits per heavy atom. The zero-order valence-electron chi connectivity index (χ0n) is 12.1. The lowest BCUT2D eigenvalue weighted by molar-refractivity contribution is -0.113. The third-order valence-electron chi connectivity index (χ3n) is 2.82. The van der Waals surface area contributed by atoms with E-state index in [1.165, 1.54) is 12.1 Å². The molecule has 0 radical (unpaired) electrons. The molecule has 122 valence electrons. The Kier molecular flexibility index (Phi) is 5.21. The summed E-state index contributed by atoms with van der Waals surface area (Å²) in [5.74, 6) is -0.603. The lowest BCUT2D eigenvalue weighted by atomic mass is 10.3. The van der Waals surface area contributed by atoms with E-state index in [-0.39, 0.29) is 28.5 Å². The number of nitrogens with zero attached hydrogens (tertiary/aromatic N) is 3. The molecule has 0 spiro atoms. The molecule has 1 amide bonds. The standard InChI is InChI=1S/C15H10BrFN4O2S/c16-9-4-5-11(10(17)7-9)19-13(22)8-24-15-21-20-14(23-15)12-3-1-2-6-18-12/h1-7H,8H2,(H,19,22). The molecule has 0 bridgehead atoms. The van der Waals surface area contributed by atoms with E-state index < -0.39 is 5.82 Å². The van der Waals surface area contributed by atoms with Crippen molar-refractivity contribution < 1.29 is 13.6 Å². The lowest BCUT2D eigenvalue weighted by Gasteiger charge is -2.05. The maximum atomic E-state index is 13.7. The Hall–Kier alpha value is -2.26. The molecule has 0 unspecified atom stereocenters. The van der Waals surface area contributed by atoms with Crippen molar-refractivity contribution in [3.63, 3.8) is 0 Å². The van der Waals surface area contributed by atoms with Crippen molar-refractivity contribution in [2.24, 2.45) is 0 Å². The Morgan fingerprint density at radius 1 is 1.29 bits per heavy atom. The largest absolute Gasteiger partial charge is 0.410 e. The molecule has 0 saturated heterocycles. The molecule has 0 aliphatic heterocycles. The van der Waals surface area contributed by atoms with E-state index in [2.05, 4.69) is 36.4 Å². The summed E-state index contributed by atoms with van der Waals surface area (Å²) in [6.07, 6.45) is 1.62. The summed E-state index contributed by atoms with van der Waals surface area (Å²) in [5.41, 5.74) is 0.668. The van der Waals surface area contributed by atoms with Gasteiger partial charge >= 0.3 is 0 Å². The van der Waals surface area contributed by atoms with Gasteiger partial charge in [-0.15, -0.1) is 10.2 Å². The van der Waals surface area contributed by atoms with Gasteiger partial charge in [0.2, 0.25) is 5.91 Å². The van der Waals surface area contributed by atoms with Crippen molar-refractivity contribution in [3.05, 3.63) is 52.9 Å². The van der Waals surface area contributed by atoms with Gasteiger partial charge in [-0.05, 0) is 30.3 Å². The van der Waals surface area contributed by atoms with E-state index in [0.29, 0.717) is 10.2 Å². The summed E-state index contributed by atoms with van der Waals surface area (Å²) >= 11 is 4.22. The van der Waals surface area contributed by atoms with Gasteiger partial charge in [-0.3, -0.25) is 9.78 Å². The predicted octanol–water partition coefficient (Wildman–Crippen LogP) is 3.76. The molecular formula is C15H10BrFN4O2S. The predicted molar refractivity (Wildman–Crippen MR) is 91.0 cm³/mol. The lowest BCUT2D eigenvalue weighted by Crippen LogP contribution is -2.15. The van der Waals surface area contributed by atoms with Gasteiger partial charge in [0.05, 0.1) is 11.4 Å². The molecule has 3 rings (SSSR count). The molecule has 3 aromatic rings. The van der Waals surface area contributed by atoms with Crippen molar-refractivity contribution >= 4 is 39.3 Å². The summed E-state index contributed by atoms with van der Waals surface area (Å²) in [4.78, 5) is 16.0. The zero-order valence-corrected chi connectivity index (χ0v) is 14.5. The van der Waals surface area contributed by atoms with E-state index in [4.69, 9.17) is 4.42 Å². The summed E-state index contributed by atoms with van der Waals surface area (Å²) in [7, 11) is 0. The topological polar surface area (TPSA) is 80.9 Å². The van der Waals surface area contributed by atoms with Crippen molar-refractivity contribution in [3.8, 4) is 11.6 Å². The molecule has 1 N–H and O–H groups in total. The Labute approximate surface area is 149 Å². The van der Waals surface area contributed by atoms with E-state index >= 15 is 0 Å². The Morgan fingerprint density at radius 3 is 2.92 bits per heavy atom. The van der Waals surface area contributed by atoms with Gasteiger partial charge in [-0.1, -0.05) is 33.8 Å². The van der Waals surface area contributed by atoms with E-state index in [1.54, 1.807) is 30.5 Å². The second kappa shape index (κ2) is 7.54. The second-order valence-electron chi connectivity index (χ2n) is 4.55. The number of amides is 1. The van der Waals surface area contributed by atoms with Gasteiger partial charge in [0.1, 0.15) is 11.5 Å². The Balaban J connectivity index is 1.58. The van der Waals surface area contributed by atoms with Crippen LogP contribution in [0.4, 0.5) is 10.1 Å². The fraction of sp³-hybridized carbons (Fsp3) is 0.0667. The number of hydrogen-bond donors (Lipinski definition) is 1. The third-order valence-corrected chi connectivity index (χ3v) is 4.13. The first kappa shape index (κ1) is 16.6. The SMILES string of the molecule is O=C(CSc1nnc(-c2ccccn2)o1)Nc1ccc(Br)cc1F. The van der Waals surface area contributed by atoms with Crippen LogP contribution in [0.25, 0.3) is 11.6 Å². The fourth-order valence-corrected chi connectivity index (χ4v) is 2.66. The van der Waals surface area contributed by atoms with Crippen LogP contribution in [-0.2, 0) is 4.79 Å². The molecule has 1 aromatic carbocycles. The number of nitrogens with one attached hydrogen (secondary N) is 1. The molecule has 0 fully saturated rings. The number of benzene rings is 1. The molecule has 0 aliphatic rings. The highest BCUT2D eigenvalue weighted by molar-refractivity contribution is 9.10. The van der Waals surface area contributed by atoms with Crippen LogP contribution in [0.2, 0.25) is 0 Å². The normalized spacial score (nSPS) is 10.6. The number of halogens is 2. The maximum absolute atomic E-state index is 13.7. The zero-order chi connectivity index (χ0) is 16.9. The first-order valence-corrected chi connectivity index (χ1v) is 8.52. The molecule has 2 heterocycles. The van der Waals surface area contributed by atoms with Gasteiger partial charge in [0.25, 0.3) is 11.1 Å². The van der Waals surface area contributed by atoms with Crippen LogP contribution >= 0.6 is 27.7 Å². The second-order valence-corrected chi connectivity index (χ2v) is 6.39. The van der Waals surface area contributed by atoms with Crippen LogP contribution in [0.1, 0.15) is 0 Å². The van der Waals surface area contributed by atoms with E-state index in [1.807, 2.05) is 0 Å².